The van der Waals surface area contributed by atoms with E-state index in [-0.39, 0.29) is 91.4 Å². The van der Waals surface area contributed by atoms with Crippen molar-refractivity contribution in [2.75, 3.05) is 27.4 Å². The fraction of sp³-hybridized carbons (Fsp3) is 0.538. The average Bonchev–Trinajstić information content (AvgIpc) is 3.71. The summed E-state index contributed by atoms with van der Waals surface area (Å²) in [5.41, 5.74) is 1.99. The molecule has 4 aliphatic heterocycles. The number of esters is 4. The van der Waals surface area contributed by atoms with Crippen molar-refractivity contribution in [3.63, 3.8) is 0 Å². The number of rotatable bonds is 14. The van der Waals surface area contributed by atoms with Crippen LogP contribution < -0.4 is 0 Å². The van der Waals surface area contributed by atoms with Crippen LogP contribution in [0, 0.1) is 47.3 Å². The molecule has 0 aliphatic carbocycles. The molecule has 4 aromatic rings. The molecule has 0 saturated carbocycles. The van der Waals surface area contributed by atoms with E-state index in [0.717, 1.165) is 0 Å². The molecule has 4 aromatic carbocycles. The Hall–Kier alpha value is -6.80. The highest BCUT2D eigenvalue weighted by atomic mass is 16.7. The molecule has 8 unspecified atom stereocenters. The van der Waals surface area contributed by atoms with Gasteiger partial charge in [0.2, 0.25) is 0 Å². The highest BCUT2D eigenvalue weighted by molar-refractivity contribution is 5.90. The van der Waals surface area contributed by atoms with Crippen molar-refractivity contribution in [2.45, 2.75) is 150 Å². The lowest BCUT2D eigenvalue weighted by Crippen LogP contribution is -2.58. The monoisotopic (exact) mass is 1180 g/mol. The normalized spacial score (nSPS) is 32.0. The summed E-state index contributed by atoms with van der Waals surface area (Å²) < 4.78 is 64.1. The van der Waals surface area contributed by atoms with Crippen molar-refractivity contribution < 1.29 is 95.6 Å². The van der Waals surface area contributed by atoms with Crippen LogP contribution in [0.2, 0.25) is 0 Å². The minimum absolute atomic E-state index is 0.00382. The summed E-state index contributed by atoms with van der Waals surface area (Å²) in [4.78, 5) is 82.2. The lowest BCUT2D eigenvalue weighted by molar-refractivity contribution is -0.329. The predicted molar refractivity (Wildman–Crippen MR) is 305 cm³/mol. The molecular formula is C65H84O20. The minimum atomic E-state index is -0.825. The molecule has 0 aromatic heterocycles. The van der Waals surface area contributed by atoms with E-state index in [2.05, 4.69) is 34.6 Å². The van der Waals surface area contributed by atoms with Crippen LogP contribution in [0.5, 0.6) is 0 Å². The summed E-state index contributed by atoms with van der Waals surface area (Å²) in [6, 6.07) is 35.5. The van der Waals surface area contributed by atoms with E-state index in [1.165, 1.54) is 0 Å². The summed E-state index contributed by atoms with van der Waals surface area (Å²) in [5.74, 6) is -0.749. The van der Waals surface area contributed by atoms with Crippen molar-refractivity contribution in [1.29, 1.82) is 0 Å². The molecule has 1 N–H and O–H groups in total. The molecule has 0 radical (unpaired) electrons. The average molecular weight is 1190 g/mol. The second-order valence-corrected chi connectivity index (χ2v) is 21.8. The van der Waals surface area contributed by atoms with Gasteiger partial charge in [-0.25, -0.2) is 19.2 Å². The third kappa shape index (κ3) is 20.1. The van der Waals surface area contributed by atoms with Crippen LogP contribution in [-0.4, -0.2) is 143 Å². The maximum atomic E-state index is 13.0. The molecule has 0 bridgehead atoms. The van der Waals surface area contributed by atoms with Gasteiger partial charge in [-0.1, -0.05) is 128 Å². The number of aliphatic hydroxyl groups excluding tert-OH is 1. The largest absolute Gasteiger partial charge is 0.459 e. The van der Waals surface area contributed by atoms with Crippen LogP contribution in [0.3, 0.4) is 0 Å². The molecule has 464 valence electrons. The summed E-state index contributed by atoms with van der Waals surface area (Å²) in [5, 5.41) is 10.2. The van der Waals surface area contributed by atoms with Crippen LogP contribution in [-0.2, 0) is 71.3 Å². The zero-order chi connectivity index (χ0) is 62.9. The number of methoxy groups -OCH3 is 2. The fourth-order valence-electron chi connectivity index (χ4n) is 10.4. The molecule has 20 heteroatoms. The predicted octanol–water partition coefficient (Wildman–Crippen LogP) is 9.09. The number of benzene rings is 4. The zero-order valence-corrected chi connectivity index (χ0v) is 50.7. The molecule has 8 rings (SSSR count). The molecule has 0 amide bonds. The van der Waals surface area contributed by atoms with Gasteiger partial charge in [-0.15, -0.1) is 0 Å². The van der Waals surface area contributed by atoms with Gasteiger partial charge in [0.1, 0.15) is 31.5 Å². The first-order chi connectivity index (χ1) is 40.6. The second kappa shape index (κ2) is 35.6. The molecule has 4 fully saturated rings. The number of carbonyl (C=O) groups is 4. The maximum Gasteiger partial charge on any atom is 0.373 e. The Morgan fingerprint density at radius 1 is 0.388 bits per heavy atom. The number of hydrogen-bond donors (Lipinski definition) is 1. The Morgan fingerprint density at radius 2 is 0.718 bits per heavy atom. The van der Waals surface area contributed by atoms with Gasteiger partial charge >= 0.3 is 36.2 Å². The van der Waals surface area contributed by atoms with Gasteiger partial charge in [0, 0.05) is 37.9 Å². The third-order valence-corrected chi connectivity index (χ3v) is 16.7. The topological polar surface area (TPSA) is 258 Å². The van der Waals surface area contributed by atoms with Gasteiger partial charge in [-0.2, -0.15) is 19.2 Å². The van der Waals surface area contributed by atoms with Crippen molar-refractivity contribution in [3.8, 4) is 0 Å². The highest BCUT2D eigenvalue weighted by Gasteiger charge is 2.49. The fourth-order valence-corrected chi connectivity index (χ4v) is 10.4. The van der Waals surface area contributed by atoms with Crippen LogP contribution in [0.1, 0.15) is 118 Å². The van der Waals surface area contributed by atoms with Crippen molar-refractivity contribution in [1.82, 2.24) is 0 Å². The lowest BCUT2D eigenvalue weighted by atomic mass is 9.82. The SMILES string of the molecule is CC1O[C@@H](C)C(OC(=O)c2ccccc2)[C@@H](C)[C@@H]1C.CO[C@H]1OC(COC(=O)c2ccccc2)[C@@H](O)[C@H](C)C1C.CO[C@H]1OC(COC(=O)c2ccccc2)[C@@H](O[C@@H]2OC(C)[C@@H](C)[C@H](C)C2OC(=O)c2ccccc2)[C@H](C)C1C.O=C=O.O=C=O. The quantitative estimate of drug-likeness (QED) is 0.0911. The summed E-state index contributed by atoms with van der Waals surface area (Å²) in [6.45, 7) is 22.4. The summed E-state index contributed by atoms with van der Waals surface area (Å²) in [7, 11) is 3.16. The number of hydrogen-bond acceptors (Lipinski definition) is 20. The van der Waals surface area contributed by atoms with Crippen LogP contribution in [0.25, 0.3) is 0 Å². The first-order valence-corrected chi connectivity index (χ1v) is 28.5. The Balaban J connectivity index is 0.000000283. The van der Waals surface area contributed by atoms with E-state index in [1.807, 2.05) is 77.9 Å². The molecule has 85 heavy (non-hydrogen) atoms. The first-order valence-electron chi connectivity index (χ1n) is 28.5. The number of aliphatic hydroxyl groups is 1. The summed E-state index contributed by atoms with van der Waals surface area (Å²) in [6.07, 6.45) is -4.39. The van der Waals surface area contributed by atoms with E-state index in [9.17, 15) is 24.3 Å². The summed E-state index contributed by atoms with van der Waals surface area (Å²) >= 11 is 0. The molecular weight excluding hydrogens is 1100 g/mol. The highest BCUT2D eigenvalue weighted by Crippen LogP contribution is 2.39. The van der Waals surface area contributed by atoms with E-state index < -0.39 is 67.3 Å². The standard InChI is InChI=1S/C31H40O8.C16H22O5.C16H22O3.2CO2/c1-18-19(2)27(38-29(33)24-15-11-8-12-16-24)31(36-22(18)5)39-26-20(3)21(4)30(34-6)37-25(26)17-35-28(32)23-13-9-7-10-14-23;1-10-11(2)16(19-3)21-13(14(10)17)9-20-15(18)12-7-5-4-6-8-12;1-10-11(2)15(13(4)18-12(10)3)19-16(17)14-8-6-5-7-9-14;2*2-1-3/h7-16,18-22,25-27,30-31H,17H2,1-6H3;4-8,10-11,13-14,16-17H,9H2,1-3H3;5-13,15H,1-4H3;;/t18-,19-,20+,21?,22?,25?,26-,27?,30-,31-;10-,11?,13?,14+,16+;10-,11-,12?,13-,15?;;/m010../s1. The first kappa shape index (κ1) is 70.7. The van der Waals surface area contributed by atoms with E-state index in [4.69, 9.17) is 71.3 Å². The van der Waals surface area contributed by atoms with Crippen molar-refractivity contribution in [3.05, 3.63) is 144 Å². The van der Waals surface area contributed by atoms with Gasteiger partial charge < -0.3 is 57.2 Å². The molecule has 4 saturated heterocycles. The number of ether oxygens (including phenoxy) is 11. The Morgan fingerprint density at radius 3 is 1.13 bits per heavy atom. The maximum absolute atomic E-state index is 13.0. The number of carbonyl (C=O) groups excluding carboxylic acids is 8. The van der Waals surface area contributed by atoms with Gasteiger partial charge in [-0.3, -0.25) is 0 Å². The van der Waals surface area contributed by atoms with E-state index >= 15 is 0 Å². The van der Waals surface area contributed by atoms with Crippen LogP contribution in [0.15, 0.2) is 121 Å². The second-order valence-electron chi connectivity index (χ2n) is 21.8. The molecule has 20 atom stereocenters. The van der Waals surface area contributed by atoms with Crippen molar-refractivity contribution in [2.24, 2.45) is 47.3 Å². The molecule has 4 heterocycles. The Bertz CT molecular complexity index is 2670. The molecule has 4 aliphatic rings. The lowest BCUT2D eigenvalue weighted by Gasteiger charge is -2.48. The Kier molecular flexibility index (Phi) is 29.6. The van der Waals surface area contributed by atoms with Gasteiger partial charge in [-0.05, 0) is 93.0 Å². The van der Waals surface area contributed by atoms with Crippen LogP contribution in [0.4, 0.5) is 0 Å². The van der Waals surface area contributed by atoms with Gasteiger partial charge in [0.15, 0.2) is 25.0 Å². The smallest absolute Gasteiger partial charge is 0.373 e. The minimum Gasteiger partial charge on any atom is -0.459 e. The van der Waals surface area contributed by atoms with E-state index in [1.54, 1.807) is 99.1 Å². The van der Waals surface area contributed by atoms with Gasteiger partial charge in [0.25, 0.3) is 0 Å². The molecule has 0 spiro atoms. The van der Waals surface area contributed by atoms with Gasteiger partial charge in [0.05, 0.1) is 52.8 Å². The van der Waals surface area contributed by atoms with Crippen LogP contribution >= 0.6 is 0 Å². The Labute approximate surface area is 498 Å². The third-order valence-electron chi connectivity index (χ3n) is 16.7. The zero-order valence-electron chi connectivity index (χ0n) is 50.7. The van der Waals surface area contributed by atoms with E-state index in [0.29, 0.717) is 34.1 Å². The molecule has 20 nitrogen and oxygen atoms in total. The van der Waals surface area contributed by atoms with Crippen molar-refractivity contribution >= 4 is 36.2 Å².